The third-order valence-corrected chi connectivity index (χ3v) is 4.32. The van der Waals surface area contributed by atoms with E-state index in [0.29, 0.717) is 0 Å². The lowest BCUT2D eigenvalue weighted by atomic mass is 10.1. The van der Waals surface area contributed by atoms with Gasteiger partial charge in [0.2, 0.25) is 0 Å². The van der Waals surface area contributed by atoms with Gasteiger partial charge in [-0.1, -0.05) is 34.1 Å². The van der Waals surface area contributed by atoms with Crippen LogP contribution in [0.4, 0.5) is 5.69 Å². The van der Waals surface area contributed by atoms with Crippen molar-refractivity contribution >= 4 is 48.9 Å². The number of carbonyl (C=O) groups is 1. The number of thiophene rings is 1. The van der Waals surface area contributed by atoms with Crippen molar-refractivity contribution in [1.82, 2.24) is 0 Å². The third kappa shape index (κ3) is 2.55. The lowest BCUT2D eigenvalue weighted by molar-refractivity contribution is 0.102. The lowest BCUT2D eigenvalue weighted by Gasteiger charge is -2.04. The number of amides is 1. The predicted octanol–water partition coefficient (Wildman–Crippen LogP) is 4.92. The number of halogens is 1. The molecular weight excluding hydrogens is 322 g/mol. The zero-order valence-corrected chi connectivity index (χ0v) is 12.3. The normalized spacial score (nSPS) is 10.6. The quantitative estimate of drug-likeness (QED) is 0.709. The fourth-order valence-corrected chi connectivity index (χ4v) is 3.09. The summed E-state index contributed by atoms with van der Waals surface area (Å²) in [5.74, 6) is -0.0697. The number of hydrogen-bond donors (Lipinski definition) is 1. The van der Waals surface area contributed by atoms with Crippen molar-refractivity contribution in [2.45, 2.75) is 0 Å². The first kappa shape index (κ1) is 12.4. The Bertz CT molecular complexity index is 733. The van der Waals surface area contributed by atoms with Crippen LogP contribution < -0.4 is 5.32 Å². The van der Waals surface area contributed by atoms with E-state index in [9.17, 15) is 4.79 Å². The van der Waals surface area contributed by atoms with Crippen molar-refractivity contribution in [1.29, 1.82) is 0 Å². The van der Waals surface area contributed by atoms with Crippen molar-refractivity contribution in [2.75, 3.05) is 5.32 Å². The van der Waals surface area contributed by atoms with E-state index in [1.54, 1.807) is 11.3 Å². The van der Waals surface area contributed by atoms with E-state index >= 15 is 0 Å². The molecule has 0 aliphatic rings. The van der Waals surface area contributed by atoms with Gasteiger partial charge in [0.05, 0.1) is 5.56 Å². The molecule has 1 amide bonds. The molecule has 0 aliphatic carbocycles. The first-order valence-corrected chi connectivity index (χ1v) is 7.44. The van der Waals surface area contributed by atoms with E-state index in [0.717, 1.165) is 25.8 Å². The molecular formula is C15H10BrNOS. The maximum absolute atomic E-state index is 12.3. The lowest BCUT2D eigenvalue weighted by Crippen LogP contribution is -2.10. The average Bonchev–Trinajstić information content (AvgIpc) is 2.85. The van der Waals surface area contributed by atoms with Gasteiger partial charge in [0.15, 0.2) is 0 Å². The van der Waals surface area contributed by atoms with Gasteiger partial charge in [-0.15, -0.1) is 11.3 Å². The molecule has 0 radical (unpaired) electrons. The highest BCUT2D eigenvalue weighted by Crippen LogP contribution is 2.26. The Morgan fingerprint density at radius 3 is 2.58 bits per heavy atom. The van der Waals surface area contributed by atoms with E-state index in [4.69, 9.17) is 0 Å². The van der Waals surface area contributed by atoms with E-state index in [-0.39, 0.29) is 5.91 Å². The smallest absolute Gasteiger partial charge is 0.257 e. The fourth-order valence-electron chi connectivity index (χ4n) is 1.89. The van der Waals surface area contributed by atoms with Crippen LogP contribution in [-0.4, -0.2) is 5.91 Å². The minimum absolute atomic E-state index is 0.0697. The van der Waals surface area contributed by atoms with Crippen LogP contribution in [0, 0.1) is 0 Å². The van der Waals surface area contributed by atoms with Gasteiger partial charge in [0.1, 0.15) is 0 Å². The summed E-state index contributed by atoms with van der Waals surface area (Å²) in [7, 11) is 0. The van der Waals surface area contributed by atoms with Gasteiger partial charge in [-0.05, 0) is 30.3 Å². The van der Waals surface area contributed by atoms with Crippen LogP contribution in [0.2, 0.25) is 0 Å². The van der Waals surface area contributed by atoms with Crippen molar-refractivity contribution in [3.8, 4) is 0 Å². The molecule has 94 valence electrons. The maximum Gasteiger partial charge on any atom is 0.257 e. The second kappa shape index (κ2) is 5.15. The van der Waals surface area contributed by atoms with Crippen molar-refractivity contribution in [3.05, 3.63) is 63.9 Å². The number of fused-ring (bicyclic) bond motifs is 1. The van der Waals surface area contributed by atoms with Crippen LogP contribution in [0.1, 0.15) is 10.4 Å². The highest BCUT2D eigenvalue weighted by atomic mass is 79.9. The van der Waals surface area contributed by atoms with Crippen LogP contribution in [0.15, 0.2) is 58.4 Å². The minimum atomic E-state index is -0.0697. The topological polar surface area (TPSA) is 29.1 Å². The summed E-state index contributed by atoms with van der Waals surface area (Å²) in [6.45, 7) is 0. The predicted molar refractivity (Wildman–Crippen MR) is 83.9 cm³/mol. The molecule has 4 heteroatoms. The third-order valence-electron chi connectivity index (χ3n) is 2.83. The minimum Gasteiger partial charge on any atom is -0.322 e. The first-order valence-electron chi connectivity index (χ1n) is 5.77. The van der Waals surface area contributed by atoms with Gasteiger partial charge in [-0.2, -0.15) is 0 Å². The molecule has 0 unspecified atom stereocenters. The Morgan fingerprint density at radius 2 is 1.79 bits per heavy atom. The van der Waals surface area contributed by atoms with Crippen LogP contribution in [0.25, 0.3) is 10.1 Å². The first-order chi connectivity index (χ1) is 9.24. The Labute approximate surface area is 123 Å². The van der Waals surface area contributed by atoms with Crippen LogP contribution >= 0.6 is 27.3 Å². The van der Waals surface area contributed by atoms with Gasteiger partial charge in [-0.25, -0.2) is 0 Å². The highest BCUT2D eigenvalue weighted by Gasteiger charge is 2.11. The van der Waals surface area contributed by atoms with E-state index in [2.05, 4.69) is 21.2 Å². The molecule has 3 rings (SSSR count). The number of nitrogens with one attached hydrogen (secondary N) is 1. The van der Waals surface area contributed by atoms with Gasteiger partial charge in [-0.3, -0.25) is 4.79 Å². The van der Waals surface area contributed by atoms with Crippen molar-refractivity contribution in [2.24, 2.45) is 0 Å². The van der Waals surface area contributed by atoms with Gasteiger partial charge >= 0.3 is 0 Å². The van der Waals surface area contributed by atoms with Crippen molar-refractivity contribution < 1.29 is 4.79 Å². The zero-order chi connectivity index (χ0) is 13.2. The second-order valence-electron chi connectivity index (χ2n) is 4.11. The Kier molecular flexibility index (Phi) is 3.36. The average molecular weight is 332 g/mol. The molecule has 2 nitrogen and oxygen atoms in total. The molecule has 19 heavy (non-hydrogen) atoms. The number of benzene rings is 2. The Hall–Kier alpha value is -1.65. The van der Waals surface area contributed by atoms with E-state index in [1.807, 2.05) is 53.9 Å². The standard InChI is InChI=1S/C15H10BrNOS/c16-10-5-7-11(8-6-10)17-15(18)13-9-19-14-4-2-1-3-12(13)14/h1-9H,(H,17,18). The number of anilines is 1. The molecule has 0 saturated heterocycles. The summed E-state index contributed by atoms with van der Waals surface area (Å²) >= 11 is 4.96. The fraction of sp³-hybridized carbons (Fsp3) is 0. The van der Waals surface area contributed by atoms with Gasteiger partial charge < -0.3 is 5.32 Å². The summed E-state index contributed by atoms with van der Waals surface area (Å²) in [6.07, 6.45) is 0. The summed E-state index contributed by atoms with van der Waals surface area (Å²) < 4.78 is 2.12. The Balaban J connectivity index is 1.90. The summed E-state index contributed by atoms with van der Waals surface area (Å²) in [5.41, 5.74) is 1.52. The Morgan fingerprint density at radius 1 is 1.05 bits per heavy atom. The molecule has 1 N–H and O–H groups in total. The summed E-state index contributed by atoms with van der Waals surface area (Å²) in [6, 6.07) is 15.5. The van der Waals surface area contributed by atoms with Crippen molar-refractivity contribution in [3.63, 3.8) is 0 Å². The van der Waals surface area contributed by atoms with Gasteiger partial charge in [0, 0.05) is 25.6 Å². The second-order valence-corrected chi connectivity index (χ2v) is 5.93. The highest BCUT2D eigenvalue weighted by molar-refractivity contribution is 9.10. The summed E-state index contributed by atoms with van der Waals surface area (Å²) in [5, 5.41) is 5.81. The molecule has 3 aromatic rings. The molecule has 0 spiro atoms. The number of carbonyl (C=O) groups excluding carboxylic acids is 1. The zero-order valence-electron chi connectivity index (χ0n) is 9.89. The van der Waals surface area contributed by atoms with Crippen LogP contribution in [0.5, 0.6) is 0 Å². The maximum atomic E-state index is 12.3. The number of rotatable bonds is 2. The monoisotopic (exact) mass is 331 g/mol. The molecule has 0 aliphatic heterocycles. The molecule has 1 heterocycles. The summed E-state index contributed by atoms with van der Waals surface area (Å²) in [4.78, 5) is 12.3. The van der Waals surface area contributed by atoms with Gasteiger partial charge in [0.25, 0.3) is 5.91 Å². The molecule has 0 atom stereocenters. The van der Waals surface area contributed by atoms with Crippen LogP contribution in [-0.2, 0) is 0 Å². The van der Waals surface area contributed by atoms with E-state index in [1.165, 1.54) is 0 Å². The SMILES string of the molecule is O=C(Nc1ccc(Br)cc1)c1csc2ccccc12. The molecule has 0 saturated carbocycles. The molecule has 0 fully saturated rings. The molecule has 0 bridgehead atoms. The van der Waals surface area contributed by atoms with E-state index < -0.39 is 0 Å². The molecule has 1 aromatic heterocycles. The van der Waals surface area contributed by atoms with Crippen LogP contribution in [0.3, 0.4) is 0 Å². The number of hydrogen-bond acceptors (Lipinski definition) is 2. The molecule has 2 aromatic carbocycles. The largest absolute Gasteiger partial charge is 0.322 e.